The molecular formula is C29H38O5S. The number of benzene rings is 2. The fourth-order valence-corrected chi connectivity index (χ4v) is 6.36. The molecule has 0 saturated heterocycles. The van der Waals surface area contributed by atoms with E-state index in [-0.39, 0.29) is 16.7 Å². The molecular weight excluding hydrogens is 460 g/mol. The lowest BCUT2D eigenvalue weighted by Crippen LogP contribution is -2.18. The van der Waals surface area contributed by atoms with Crippen LogP contribution in [0.3, 0.4) is 0 Å². The molecule has 0 unspecified atom stereocenters. The Morgan fingerprint density at radius 3 is 2.43 bits per heavy atom. The minimum atomic E-state index is -3.38. The Morgan fingerprint density at radius 2 is 1.77 bits per heavy atom. The molecule has 190 valence electrons. The van der Waals surface area contributed by atoms with E-state index in [1.807, 2.05) is 19.1 Å². The van der Waals surface area contributed by atoms with Gasteiger partial charge in [0.15, 0.2) is 9.84 Å². The van der Waals surface area contributed by atoms with Gasteiger partial charge in [0.05, 0.1) is 22.8 Å². The van der Waals surface area contributed by atoms with Gasteiger partial charge in [-0.05, 0) is 72.6 Å². The third kappa shape index (κ3) is 6.75. The molecule has 0 bridgehead atoms. The molecule has 1 aliphatic heterocycles. The van der Waals surface area contributed by atoms with Gasteiger partial charge in [0.1, 0.15) is 5.75 Å². The van der Waals surface area contributed by atoms with Crippen LogP contribution in [-0.2, 0) is 15.3 Å². The number of carbonyl (C=O) groups is 1. The van der Waals surface area contributed by atoms with E-state index in [4.69, 9.17) is 9.84 Å². The predicted octanol–water partition coefficient (Wildman–Crippen LogP) is 7.14. The normalized spacial score (nSPS) is 16.9. The van der Waals surface area contributed by atoms with Gasteiger partial charge in [-0.2, -0.15) is 0 Å². The highest BCUT2D eigenvalue weighted by atomic mass is 32.2. The van der Waals surface area contributed by atoms with Gasteiger partial charge in [-0.25, -0.2) is 13.2 Å². The Labute approximate surface area is 210 Å². The van der Waals surface area contributed by atoms with Crippen molar-refractivity contribution >= 4 is 27.5 Å². The summed E-state index contributed by atoms with van der Waals surface area (Å²) in [6.07, 6.45) is 9.00. The zero-order valence-electron chi connectivity index (χ0n) is 21.4. The lowest BCUT2D eigenvalue weighted by Gasteiger charge is -2.26. The fourth-order valence-electron chi connectivity index (χ4n) is 4.66. The van der Waals surface area contributed by atoms with Crippen LogP contribution in [0, 0.1) is 0 Å². The van der Waals surface area contributed by atoms with E-state index < -0.39 is 15.8 Å². The molecule has 2 aromatic carbocycles. The van der Waals surface area contributed by atoms with Gasteiger partial charge in [-0.15, -0.1) is 0 Å². The number of aromatic carboxylic acids is 1. The highest BCUT2D eigenvalue weighted by Gasteiger charge is 2.34. The van der Waals surface area contributed by atoms with Crippen molar-refractivity contribution < 1.29 is 23.1 Å². The highest BCUT2D eigenvalue weighted by Crippen LogP contribution is 2.42. The van der Waals surface area contributed by atoms with Crippen molar-refractivity contribution in [2.24, 2.45) is 0 Å². The quantitative estimate of drug-likeness (QED) is 0.278. The van der Waals surface area contributed by atoms with Crippen molar-refractivity contribution in [3.63, 3.8) is 0 Å². The van der Waals surface area contributed by atoms with E-state index in [1.54, 1.807) is 30.3 Å². The van der Waals surface area contributed by atoms with Crippen LogP contribution < -0.4 is 4.74 Å². The van der Waals surface area contributed by atoms with E-state index in [0.717, 1.165) is 41.5 Å². The summed E-state index contributed by atoms with van der Waals surface area (Å²) >= 11 is 0. The van der Waals surface area contributed by atoms with E-state index in [0.29, 0.717) is 23.7 Å². The molecule has 1 aliphatic rings. The van der Waals surface area contributed by atoms with Crippen LogP contribution in [0.1, 0.15) is 99.7 Å². The van der Waals surface area contributed by atoms with E-state index >= 15 is 0 Å². The number of sulfone groups is 1. The van der Waals surface area contributed by atoms with E-state index in [1.165, 1.54) is 19.3 Å². The monoisotopic (exact) mass is 498 g/mol. The molecule has 0 spiro atoms. The number of fused-ring (bicyclic) bond motifs is 1. The standard InChI is InChI=1S/C29H38O5S/c1-5-6-7-8-9-16-34-26-20-27-25(29(3,4)15-10-17-35(27,32)33)19-24(26)21(2)18-22-11-13-23(14-12-22)28(30)31/h11-14,18-20H,5-10,15-17H2,1-4H3,(H,30,31)/b21-18-. The second-order valence-corrected chi connectivity index (χ2v) is 12.2. The van der Waals surface area contributed by atoms with Crippen LogP contribution in [0.5, 0.6) is 5.75 Å². The van der Waals surface area contributed by atoms with Gasteiger partial charge in [-0.1, -0.05) is 64.7 Å². The number of allylic oxidation sites excluding steroid dienone is 1. The second kappa shape index (κ2) is 11.4. The number of rotatable bonds is 10. The summed E-state index contributed by atoms with van der Waals surface area (Å²) < 4.78 is 32.5. The first-order chi connectivity index (χ1) is 16.5. The van der Waals surface area contributed by atoms with Crippen molar-refractivity contribution in [2.45, 2.75) is 83.0 Å². The van der Waals surface area contributed by atoms with Crippen molar-refractivity contribution in [3.05, 3.63) is 58.7 Å². The first kappa shape index (κ1) is 27.0. The van der Waals surface area contributed by atoms with Crippen LogP contribution in [0.15, 0.2) is 41.3 Å². The van der Waals surface area contributed by atoms with Crippen LogP contribution in [-0.4, -0.2) is 31.9 Å². The van der Waals surface area contributed by atoms with Gasteiger partial charge in [0.25, 0.3) is 0 Å². The fraction of sp³-hybridized carbons (Fsp3) is 0.483. The largest absolute Gasteiger partial charge is 0.493 e. The molecule has 0 saturated carbocycles. The Bertz CT molecular complexity index is 1170. The van der Waals surface area contributed by atoms with Crippen LogP contribution in [0.25, 0.3) is 11.6 Å². The molecule has 0 radical (unpaired) electrons. The summed E-state index contributed by atoms with van der Waals surface area (Å²) in [7, 11) is -3.38. The molecule has 6 heteroatoms. The third-order valence-corrected chi connectivity index (χ3v) is 8.67. The van der Waals surface area contributed by atoms with Gasteiger partial charge in [-0.3, -0.25) is 0 Å². The Hall–Kier alpha value is -2.60. The smallest absolute Gasteiger partial charge is 0.335 e. The first-order valence-electron chi connectivity index (χ1n) is 12.6. The number of carboxylic acid groups (broad SMARTS) is 1. The summed E-state index contributed by atoms with van der Waals surface area (Å²) in [4.78, 5) is 11.6. The number of hydrogen-bond acceptors (Lipinski definition) is 4. The number of ether oxygens (including phenoxy) is 1. The van der Waals surface area contributed by atoms with Gasteiger partial charge in [0, 0.05) is 5.56 Å². The maximum atomic E-state index is 13.1. The van der Waals surface area contributed by atoms with Crippen LogP contribution >= 0.6 is 0 Å². The minimum Gasteiger partial charge on any atom is -0.493 e. The maximum absolute atomic E-state index is 13.1. The molecule has 35 heavy (non-hydrogen) atoms. The summed E-state index contributed by atoms with van der Waals surface area (Å²) in [6.45, 7) is 8.92. The first-order valence-corrected chi connectivity index (χ1v) is 14.3. The van der Waals surface area contributed by atoms with Gasteiger partial charge in [0.2, 0.25) is 0 Å². The zero-order chi connectivity index (χ0) is 25.6. The molecule has 5 nitrogen and oxygen atoms in total. The SMILES string of the molecule is CCCCCCCOc1cc2c(cc1/C(C)=C\c1ccc(C(=O)O)cc1)C(C)(C)CCCS2(=O)=O. The molecule has 1 N–H and O–H groups in total. The Kier molecular flexibility index (Phi) is 8.81. The number of carboxylic acids is 1. The molecule has 0 fully saturated rings. The maximum Gasteiger partial charge on any atom is 0.335 e. The predicted molar refractivity (Wildman–Crippen MR) is 142 cm³/mol. The second-order valence-electron chi connectivity index (χ2n) is 10.2. The lowest BCUT2D eigenvalue weighted by molar-refractivity contribution is 0.0697. The minimum absolute atomic E-state index is 0.157. The van der Waals surface area contributed by atoms with Crippen molar-refractivity contribution in [2.75, 3.05) is 12.4 Å². The Morgan fingerprint density at radius 1 is 1.09 bits per heavy atom. The lowest BCUT2D eigenvalue weighted by atomic mass is 9.79. The molecule has 0 aliphatic carbocycles. The van der Waals surface area contributed by atoms with Crippen molar-refractivity contribution in [3.8, 4) is 5.75 Å². The van der Waals surface area contributed by atoms with E-state index in [2.05, 4.69) is 20.8 Å². The molecule has 1 heterocycles. The average molecular weight is 499 g/mol. The van der Waals surface area contributed by atoms with Crippen LogP contribution in [0.4, 0.5) is 0 Å². The number of unbranched alkanes of at least 4 members (excludes halogenated alkanes) is 4. The molecule has 2 aromatic rings. The molecule has 0 aromatic heterocycles. The highest BCUT2D eigenvalue weighted by molar-refractivity contribution is 7.91. The molecule has 0 amide bonds. The van der Waals surface area contributed by atoms with Gasteiger partial charge < -0.3 is 9.84 Å². The summed E-state index contributed by atoms with van der Waals surface area (Å²) in [5.74, 6) is -0.207. The topological polar surface area (TPSA) is 80.7 Å². The molecule has 3 rings (SSSR count). The number of hydrogen-bond donors (Lipinski definition) is 1. The van der Waals surface area contributed by atoms with Crippen molar-refractivity contribution in [1.82, 2.24) is 0 Å². The van der Waals surface area contributed by atoms with Gasteiger partial charge >= 0.3 is 5.97 Å². The summed E-state index contributed by atoms with van der Waals surface area (Å²) in [5.41, 5.74) is 3.51. The summed E-state index contributed by atoms with van der Waals surface area (Å²) in [5, 5.41) is 9.17. The van der Waals surface area contributed by atoms with E-state index in [9.17, 15) is 13.2 Å². The molecule has 0 atom stereocenters. The third-order valence-electron chi connectivity index (χ3n) is 6.83. The van der Waals surface area contributed by atoms with Crippen molar-refractivity contribution in [1.29, 1.82) is 0 Å². The zero-order valence-corrected chi connectivity index (χ0v) is 22.2. The summed E-state index contributed by atoms with van der Waals surface area (Å²) in [6, 6.07) is 10.5. The average Bonchev–Trinajstić information content (AvgIpc) is 2.89. The van der Waals surface area contributed by atoms with Crippen LogP contribution in [0.2, 0.25) is 0 Å². The Balaban J connectivity index is 2.03.